The lowest BCUT2D eigenvalue weighted by Crippen LogP contribution is -2.46. The second kappa shape index (κ2) is 10.3. The minimum absolute atomic E-state index is 0.00849. The second-order valence-electron chi connectivity index (χ2n) is 9.77. The predicted molar refractivity (Wildman–Crippen MR) is 137 cm³/mol. The van der Waals surface area contributed by atoms with Gasteiger partial charge in [0, 0.05) is 31.2 Å². The lowest BCUT2D eigenvalue weighted by Gasteiger charge is -2.36. The first-order valence-electron chi connectivity index (χ1n) is 12.8. The van der Waals surface area contributed by atoms with Gasteiger partial charge in [-0.05, 0) is 43.9 Å². The van der Waals surface area contributed by atoms with Crippen LogP contribution in [-0.4, -0.2) is 66.3 Å². The number of anilines is 4. The van der Waals surface area contributed by atoms with E-state index in [1.165, 1.54) is 20.0 Å². The highest BCUT2D eigenvalue weighted by molar-refractivity contribution is 5.99. The van der Waals surface area contributed by atoms with Crippen LogP contribution in [0.15, 0.2) is 24.4 Å². The summed E-state index contributed by atoms with van der Waals surface area (Å²) in [4.78, 5) is 39.3. The number of aliphatic hydroxyl groups is 1. The summed E-state index contributed by atoms with van der Waals surface area (Å²) >= 11 is 0. The van der Waals surface area contributed by atoms with Gasteiger partial charge in [0.25, 0.3) is 5.91 Å². The standard InChI is InChI=1S/C26H34N6O4/c1-31-21-15-28-26(29-19-11-10-16(14-22(19)36-2)24(34)27-12-13-33)30-23(21)32(17-6-3-4-7-17)20-9-5-8-18(20)25(31)35/h10-11,14-15,17-18,20,33H,3-9,12-13H2,1-2H3,(H,27,34)(H,28,29,30). The molecule has 10 nitrogen and oxygen atoms in total. The van der Waals surface area contributed by atoms with Crippen molar-refractivity contribution in [1.29, 1.82) is 0 Å². The smallest absolute Gasteiger partial charge is 0.251 e. The first-order chi connectivity index (χ1) is 17.5. The van der Waals surface area contributed by atoms with Crippen LogP contribution in [-0.2, 0) is 4.79 Å². The molecule has 36 heavy (non-hydrogen) atoms. The van der Waals surface area contributed by atoms with E-state index < -0.39 is 0 Å². The minimum Gasteiger partial charge on any atom is -0.495 e. The monoisotopic (exact) mass is 494 g/mol. The van der Waals surface area contributed by atoms with Gasteiger partial charge in [-0.1, -0.05) is 19.3 Å². The molecule has 2 saturated carbocycles. The maximum Gasteiger partial charge on any atom is 0.251 e. The van der Waals surface area contributed by atoms with Gasteiger partial charge in [-0.25, -0.2) is 4.98 Å². The van der Waals surface area contributed by atoms with E-state index in [1.807, 2.05) is 7.05 Å². The number of ether oxygens (including phenoxy) is 1. The molecular weight excluding hydrogens is 460 g/mol. The molecule has 3 aliphatic rings. The number of hydrogen-bond acceptors (Lipinski definition) is 8. The number of benzene rings is 1. The van der Waals surface area contributed by atoms with Crippen molar-refractivity contribution in [2.24, 2.45) is 5.92 Å². The average molecular weight is 495 g/mol. The summed E-state index contributed by atoms with van der Waals surface area (Å²) in [6.45, 7) is 0.0544. The van der Waals surface area contributed by atoms with Crippen LogP contribution in [0.25, 0.3) is 0 Å². The first-order valence-corrected chi connectivity index (χ1v) is 12.8. The number of aliphatic hydroxyl groups excluding tert-OH is 1. The maximum absolute atomic E-state index is 13.3. The quantitative estimate of drug-likeness (QED) is 0.538. The molecule has 2 atom stereocenters. The van der Waals surface area contributed by atoms with Gasteiger partial charge in [-0.3, -0.25) is 9.59 Å². The number of fused-ring (bicyclic) bond motifs is 2. The Morgan fingerprint density at radius 3 is 2.75 bits per heavy atom. The molecule has 2 fully saturated rings. The molecule has 192 valence electrons. The molecule has 2 aromatic rings. The van der Waals surface area contributed by atoms with Gasteiger partial charge >= 0.3 is 0 Å². The van der Waals surface area contributed by atoms with E-state index in [-0.39, 0.29) is 36.9 Å². The molecule has 3 N–H and O–H groups in total. The molecular formula is C26H34N6O4. The van der Waals surface area contributed by atoms with Crippen molar-refractivity contribution < 1.29 is 19.4 Å². The van der Waals surface area contributed by atoms with Gasteiger partial charge in [0.15, 0.2) is 5.82 Å². The topological polar surface area (TPSA) is 120 Å². The summed E-state index contributed by atoms with van der Waals surface area (Å²) in [5.41, 5.74) is 1.80. The Hall–Kier alpha value is -3.40. The van der Waals surface area contributed by atoms with Gasteiger partial charge < -0.3 is 30.3 Å². The Labute approximate surface area is 211 Å². The molecule has 2 aliphatic carbocycles. The molecule has 1 aliphatic heterocycles. The Balaban J connectivity index is 1.48. The largest absolute Gasteiger partial charge is 0.495 e. The van der Waals surface area contributed by atoms with E-state index in [0.717, 1.165) is 43.6 Å². The summed E-state index contributed by atoms with van der Waals surface area (Å²) in [5.74, 6) is 1.54. The summed E-state index contributed by atoms with van der Waals surface area (Å²) in [6.07, 6.45) is 9.32. The van der Waals surface area contributed by atoms with Gasteiger partial charge in [-0.15, -0.1) is 0 Å². The fraction of sp³-hybridized carbons (Fsp3) is 0.538. The number of amides is 2. The SMILES string of the molecule is COc1cc(C(=O)NCCO)ccc1Nc1ncc2c(n1)N(C1CCCC1)C1CCCC1C(=O)N2C. The third-order valence-electron chi connectivity index (χ3n) is 7.67. The molecule has 2 heterocycles. The average Bonchev–Trinajstić information content (AvgIpc) is 3.59. The van der Waals surface area contributed by atoms with E-state index in [4.69, 9.17) is 14.8 Å². The molecule has 2 unspecified atom stereocenters. The number of nitrogens with one attached hydrogen (secondary N) is 2. The third-order valence-corrected chi connectivity index (χ3v) is 7.67. The minimum atomic E-state index is -0.291. The lowest BCUT2D eigenvalue weighted by molar-refractivity contribution is -0.122. The Bertz CT molecular complexity index is 1140. The summed E-state index contributed by atoms with van der Waals surface area (Å²) in [7, 11) is 3.37. The number of rotatable bonds is 7. The van der Waals surface area contributed by atoms with Gasteiger partial charge in [0.05, 0.1) is 31.5 Å². The van der Waals surface area contributed by atoms with Crippen molar-refractivity contribution in [1.82, 2.24) is 15.3 Å². The number of carbonyl (C=O) groups is 2. The second-order valence-corrected chi connectivity index (χ2v) is 9.77. The Kier molecular flexibility index (Phi) is 6.95. The zero-order valence-electron chi connectivity index (χ0n) is 20.9. The van der Waals surface area contributed by atoms with Crippen molar-refractivity contribution in [3.63, 3.8) is 0 Å². The number of hydrogen-bond donors (Lipinski definition) is 3. The number of nitrogens with zero attached hydrogens (tertiary/aromatic N) is 4. The van der Waals surface area contributed by atoms with E-state index in [1.54, 1.807) is 29.3 Å². The first kappa shape index (κ1) is 24.3. The zero-order valence-corrected chi connectivity index (χ0v) is 20.9. The van der Waals surface area contributed by atoms with Crippen molar-refractivity contribution in [2.45, 2.75) is 57.0 Å². The molecule has 0 radical (unpaired) electrons. The van der Waals surface area contributed by atoms with E-state index in [0.29, 0.717) is 29.0 Å². The van der Waals surface area contributed by atoms with Crippen LogP contribution in [0.2, 0.25) is 0 Å². The number of aromatic nitrogens is 2. The fourth-order valence-corrected chi connectivity index (χ4v) is 5.89. The summed E-state index contributed by atoms with van der Waals surface area (Å²) < 4.78 is 5.53. The molecule has 1 aromatic carbocycles. The summed E-state index contributed by atoms with van der Waals surface area (Å²) in [6, 6.07) is 5.61. The summed E-state index contributed by atoms with van der Waals surface area (Å²) in [5, 5.41) is 14.8. The maximum atomic E-state index is 13.3. The van der Waals surface area contributed by atoms with Crippen molar-refractivity contribution in [3.8, 4) is 5.75 Å². The highest BCUT2D eigenvalue weighted by Gasteiger charge is 2.45. The van der Waals surface area contributed by atoms with Crippen molar-refractivity contribution >= 4 is 35.0 Å². The molecule has 1 aromatic heterocycles. The van der Waals surface area contributed by atoms with Crippen LogP contribution >= 0.6 is 0 Å². The highest BCUT2D eigenvalue weighted by atomic mass is 16.5. The van der Waals surface area contributed by atoms with Gasteiger partial charge in [0.1, 0.15) is 11.4 Å². The van der Waals surface area contributed by atoms with Crippen LogP contribution in [0.4, 0.5) is 23.1 Å². The van der Waals surface area contributed by atoms with Crippen LogP contribution in [0.5, 0.6) is 5.75 Å². The van der Waals surface area contributed by atoms with E-state index in [9.17, 15) is 9.59 Å². The molecule has 2 amide bonds. The van der Waals surface area contributed by atoms with Crippen LogP contribution in [0, 0.1) is 5.92 Å². The molecule has 5 rings (SSSR count). The van der Waals surface area contributed by atoms with Crippen molar-refractivity contribution in [3.05, 3.63) is 30.0 Å². The van der Waals surface area contributed by atoms with Crippen LogP contribution < -0.4 is 25.2 Å². The lowest BCUT2D eigenvalue weighted by atomic mass is 9.99. The zero-order chi connectivity index (χ0) is 25.2. The fourth-order valence-electron chi connectivity index (χ4n) is 5.89. The van der Waals surface area contributed by atoms with Gasteiger partial charge in [0.2, 0.25) is 11.9 Å². The van der Waals surface area contributed by atoms with Gasteiger partial charge in [-0.2, -0.15) is 4.98 Å². The van der Waals surface area contributed by atoms with Crippen LogP contribution in [0.1, 0.15) is 55.3 Å². The number of methoxy groups -OCH3 is 1. The predicted octanol–water partition coefficient (Wildman–Crippen LogP) is 2.85. The molecule has 0 bridgehead atoms. The van der Waals surface area contributed by atoms with E-state index >= 15 is 0 Å². The van der Waals surface area contributed by atoms with Crippen molar-refractivity contribution in [2.75, 3.05) is 42.4 Å². The van der Waals surface area contributed by atoms with E-state index in [2.05, 4.69) is 20.5 Å². The Morgan fingerprint density at radius 2 is 2.00 bits per heavy atom. The Morgan fingerprint density at radius 1 is 1.19 bits per heavy atom. The highest BCUT2D eigenvalue weighted by Crippen LogP contribution is 2.45. The molecule has 0 saturated heterocycles. The normalized spacial score (nSPS) is 21.7. The number of carbonyl (C=O) groups excluding carboxylic acids is 2. The molecule has 0 spiro atoms. The molecule has 10 heteroatoms. The third kappa shape index (κ3) is 4.45. The van der Waals surface area contributed by atoms with Crippen LogP contribution in [0.3, 0.4) is 0 Å².